The van der Waals surface area contributed by atoms with E-state index in [9.17, 15) is 5.11 Å². The third-order valence-corrected chi connectivity index (χ3v) is 5.85. The van der Waals surface area contributed by atoms with Crippen molar-refractivity contribution in [2.24, 2.45) is 0 Å². The van der Waals surface area contributed by atoms with Crippen LogP contribution >= 0.6 is 0 Å². The highest BCUT2D eigenvalue weighted by molar-refractivity contribution is 5.42. The first-order valence-electron chi connectivity index (χ1n) is 10.6. The molecule has 0 radical (unpaired) electrons. The Morgan fingerprint density at radius 1 is 0.655 bits per heavy atom. The van der Waals surface area contributed by atoms with E-state index in [-0.39, 0.29) is 5.92 Å². The molecular formula is C27H33NO. The van der Waals surface area contributed by atoms with Crippen LogP contribution in [0.3, 0.4) is 0 Å². The maximum Gasteiger partial charge on any atom is 0.123 e. The van der Waals surface area contributed by atoms with Crippen molar-refractivity contribution in [3.8, 4) is 0 Å². The van der Waals surface area contributed by atoms with E-state index in [1.807, 2.05) is 66.7 Å². The summed E-state index contributed by atoms with van der Waals surface area (Å²) in [5, 5.41) is 12.5. The van der Waals surface area contributed by atoms with Crippen LogP contribution < -0.4 is 0 Å². The molecule has 0 aliphatic heterocycles. The maximum absolute atomic E-state index is 12.5. The molecule has 0 amide bonds. The summed E-state index contributed by atoms with van der Waals surface area (Å²) in [4.78, 5) is 2.47. The Morgan fingerprint density at radius 3 is 1.41 bits per heavy atom. The molecule has 0 bridgehead atoms. The van der Waals surface area contributed by atoms with E-state index in [0.717, 1.165) is 23.2 Å². The van der Waals surface area contributed by atoms with Gasteiger partial charge in [0.05, 0.1) is 0 Å². The monoisotopic (exact) mass is 387 g/mol. The average Bonchev–Trinajstić information content (AvgIpc) is 2.75. The molecule has 3 aromatic rings. The molecule has 0 saturated heterocycles. The summed E-state index contributed by atoms with van der Waals surface area (Å²) in [7, 11) is 0. The van der Waals surface area contributed by atoms with Gasteiger partial charge >= 0.3 is 0 Å². The lowest BCUT2D eigenvalue weighted by atomic mass is 9.72. The molecule has 3 aromatic carbocycles. The summed E-state index contributed by atoms with van der Waals surface area (Å²) in [5.74, 6) is -0.113. The van der Waals surface area contributed by atoms with Crippen molar-refractivity contribution in [2.45, 2.75) is 51.3 Å². The normalized spacial score (nSPS) is 13.2. The Hall–Kier alpha value is -2.42. The summed E-state index contributed by atoms with van der Waals surface area (Å²) in [6.45, 7) is 9.68. The molecule has 152 valence electrons. The van der Waals surface area contributed by atoms with Crippen LogP contribution in [0.5, 0.6) is 0 Å². The molecule has 0 unspecified atom stereocenters. The molecule has 0 aromatic heterocycles. The SMILES string of the molecule is CC(C)N(C[C@H](c1ccccc1)C(O)(c1ccccc1)c1ccccc1)C(C)C. The second-order valence-corrected chi connectivity index (χ2v) is 8.35. The Kier molecular flexibility index (Phi) is 6.89. The van der Waals surface area contributed by atoms with Crippen LogP contribution in [0.2, 0.25) is 0 Å². The first kappa shape index (κ1) is 21.3. The van der Waals surface area contributed by atoms with Gasteiger partial charge in [0.25, 0.3) is 0 Å². The van der Waals surface area contributed by atoms with Crippen LogP contribution in [0, 0.1) is 0 Å². The van der Waals surface area contributed by atoms with Crippen LogP contribution in [0.25, 0.3) is 0 Å². The zero-order chi connectivity index (χ0) is 20.9. The van der Waals surface area contributed by atoms with Crippen LogP contribution in [-0.2, 0) is 5.60 Å². The van der Waals surface area contributed by atoms with Gasteiger partial charge in [0.2, 0.25) is 0 Å². The van der Waals surface area contributed by atoms with E-state index in [2.05, 4.69) is 56.9 Å². The number of hydrogen-bond donors (Lipinski definition) is 1. The van der Waals surface area contributed by atoms with Crippen LogP contribution in [0.15, 0.2) is 91.0 Å². The summed E-state index contributed by atoms with van der Waals surface area (Å²) in [5.41, 5.74) is 1.86. The third kappa shape index (κ3) is 4.60. The van der Waals surface area contributed by atoms with Gasteiger partial charge in [-0.3, -0.25) is 4.90 Å². The lowest BCUT2D eigenvalue weighted by molar-refractivity contribution is 0.0231. The van der Waals surface area contributed by atoms with Crippen LogP contribution in [0.1, 0.15) is 50.3 Å². The van der Waals surface area contributed by atoms with Gasteiger partial charge in [0.1, 0.15) is 5.60 Å². The number of nitrogens with zero attached hydrogens (tertiary/aromatic N) is 1. The minimum atomic E-state index is -1.13. The van der Waals surface area contributed by atoms with Gasteiger partial charge in [-0.1, -0.05) is 91.0 Å². The molecule has 0 heterocycles. The molecule has 3 rings (SSSR count). The Bertz CT molecular complexity index is 811. The molecule has 2 heteroatoms. The molecule has 1 N–H and O–H groups in total. The standard InChI is InChI=1S/C27H33NO/c1-21(2)28(22(3)4)20-26(23-14-8-5-9-15-23)27(29,24-16-10-6-11-17-24)25-18-12-7-13-19-25/h5-19,21-22,26,29H,20H2,1-4H3/t26-/m1/s1. The Labute approximate surface area is 175 Å². The van der Waals surface area contributed by atoms with E-state index in [1.54, 1.807) is 0 Å². The fourth-order valence-electron chi connectivity index (χ4n) is 4.35. The molecule has 0 aliphatic rings. The van der Waals surface area contributed by atoms with Crippen molar-refractivity contribution in [1.82, 2.24) is 4.90 Å². The number of aliphatic hydroxyl groups is 1. The highest BCUT2D eigenvalue weighted by atomic mass is 16.3. The van der Waals surface area contributed by atoms with Gasteiger partial charge in [0.15, 0.2) is 0 Å². The first-order chi connectivity index (χ1) is 13.9. The smallest absolute Gasteiger partial charge is 0.123 e. The van der Waals surface area contributed by atoms with Crippen molar-refractivity contribution in [2.75, 3.05) is 6.54 Å². The van der Waals surface area contributed by atoms with Gasteiger partial charge in [-0.25, -0.2) is 0 Å². The second-order valence-electron chi connectivity index (χ2n) is 8.35. The lowest BCUT2D eigenvalue weighted by Gasteiger charge is -2.42. The van der Waals surface area contributed by atoms with E-state index in [4.69, 9.17) is 0 Å². The van der Waals surface area contributed by atoms with Crippen molar-refractivity contribution >= 4 is 0 Å². The minimum absolute atomic E-state index is 0.113. The number of hydrogen-bond acceptors (Lipinski definition) is 2. The zero-order valence-electron chi connectivity index (χ0n) is 18.0. The van der Waals surface area contributed by atoms with E-state index < -0.39 is 5.60 Å². The Balaban J connectivity index is 2.21. The predicted molar refractivity (Wildman–Crippen MR) is 122 cm³/mol. The minimum Gasteiger partial charge on any atom is -0.380 e. The summed E-state index contributed by atoms with van der Waals surface area (Å²) in [6, 6.07) is 31.4. The molecule has 2 nitrogen and oxygen atoms in total. The molecule has 1 atom stereocenters. The molecule has 0 aliphatic carbocycles. The summed E-state index contributed by atoms with van der Waals surface area (Å²) in [6.07, 6.45) is 0. The van der Waals surface area contributed by atoms with E-state index >= 15 is 0 Å². The molecule has 0 fully saturated rings. The molecule has 0 saturated carbocycles. The summed E-state index contributed by atoms with van der Waals surface area (Å²) < 4.78 is 0. The quantitative estimate of drug-likeness (QED) is 0.526. The lowest BCUT2D eigenvalue weighted by Crippen LogP contribution is -2.46. The maximum atomic E-state index is 12.5. The van der Waals surface area contributed by atoms with Crippen molar-refractivity contribution in [3.05, 3.63) is 108 Å². The van der Waals surface area contributed by atoms with Gasteiger partial charge in [-0.2, -0.15) is 0 Å². The van der Waals surface area contributed by atoms with Gasteiger partial charge < -0.3 is 5.11 Å². The molecule has 0 spiro atoms. The molecular weight excluding hydrogens is 354 g/mol. The van der Waals surface area contributed by atoms with Gasteiger partial charge in [-0.05, 0) is 44.4 Å². The fourth-order valence-corrected chi connectivity index (χ4v) is 4.35. The third-order valence-electron chi connectivity index (χ3n) is 5.85. The largest absolute Gasteiger partial charge is 0.380 e. The predicted octanol–water partition coefficient (Wildman–Crippen LogP) is 5.83. The fraction of sp³-hybridized carbons (Fsp3) is 0.333. The van der Waals surface area contributed by atoms with E-state index in [1.165, 1.54) is 0 Å². The highest BCUT2D eigenvalue weighted by Gasteiger charge is 2.42. The highest BCUT2D eigenvalue weighted by Crippen LogP contribution is 2.43. The van der Waals surface area contributed by atoms with Crippen molar-refractivity contribution in [3.63, 3.8) is 0 Å². The first-order valence-corrected chi connectivity index (χ1v) is 10.6. The van der Waals surface area contributed by atoms with Gasteiger partial charge in [0, 0.05) is 24.5 Å². The molecule has 29 heavy (non-hydrogen) atoms. The second kappa shape index (κ2) is 9.39. The van der Waals surface area contributed by atoms with Crippen LogP contribution in [-0.4, -0.2) is 28.6 Å². The summed E-state index contributed by atoms with van der Waals surface area (Å²) >= 11 is 0. The number of benzene rings is 3. The topological polar surface area (TPSA) is 23.5 Å². The van der Waals surface area contributed by atoms with E-state index in [0.29, 0.717) is 12.1 Å². The zero-order valence-corrected chi connectivity index (χ0v) is 18.0. The van der Waals surface area contributed by atoms with Crippen molar-refractivity contribution in [1.29, 1.82) is 0 Å². The van der Waals surface area contributed by atoms with Crippen LogP contribution in [0.4, 0.5) is 0 Å². The van der Waals surface area contributed by atoms with Crippen molar-refractivity contribution < 1.29 is 5.11 Å². The van der Waals surface area contributed by atoms with Gasteiger partial charge in [-0.15, -0.1) is 0 Å². The average molecular weight is 388 g/mol. The number of rotatable bonds is 8. The Morgan fingerprint density at radius 2 is 1.03 bits per heavy atom.